The monoisotopic (exact) mass is 420 g/mol. The third kappa shape index (κ3) is 6.51. The molecule has 2 N–H and O–H groups in total. The predicted octanol–water partition coefficient (Wildman–Crippen LogP) is 0.642. The van der Waals surface area contributed by atoms with Gasteiger partial charge in [-0.05, 0) is 18.4 Å². The normalized spacial score (nSPS) is 15.9. The lowest BCUT2D eigenvalue weighted by Gasteiger charge is -2.32. The highest BCUT2D eigenvalue weighted by atomic mass is 16.6. The van der Waals surface area contributed by atoms with Crippen molar-refractivity contribution in [1.29, 1.82) is 0 Å². The van der Waals surface area contributed by atoms with Crippen molar-refractivity contribution in [3.8, 4) is 0 Å². The number of amides is 3. The first-order valence-electron chi connectivity index (χ1n) is 9.88. The van der Waals surface area contributed by atoms with Crippen LogP contribution in [0, 0.1) is 16.0 Å². The Bertz CT molecular complexity index is 791. The average molecular weight is 420 g/mol. The lowest BCUT2D eigenvalue weighted by Crippen LogP contribution is -2.57. The number of hydrogen-bond donors (Lipinski definition) is 2. The molecule has 2 rings (SSSR count). The van der Waals surface area contributed by atoms with Crippen LogP contribution in [0.1, 0.15) is 26.3 Å². The van der Waals surface area contributed by atoms with Gasteiger partial charge in [0, 0.05) is 25.2 Å². The van der Waals surface area contributed by atoms with Gasteiger partial charge in [0.05, 0.1) is 24.6 Å². The molecule has 10 nitrogen and oxygen atoms in total. The van der Waals surface area contributed by atoms with E-state index in [9.17, 15) is 24.5 Å². The van der Waals surface area contributed by atoms with Crippen molar-refractivity contribution >= 4 is 23.4 Å². The standard InChI is InChI=1S/C20H28N4O6/c1-13(2)18(20(27)23-7-9-30-10-8-23)22-19(26)14(3)21-17(25)12-15-5-4-6-16(11-15)24(28)29/h4-6,11,13-14,18H,7-10,12H2,1-3H3,(H,21,25)(H,22,26)/t14-,18-/m0/s1. The third-order valence-corrected chi connectivity index (χ3v) is 4.81. The molecule has 1 aromatic rings. The van der Waals surface area contributed by atoms with E-state index < -0.39 is 28.8 Å². The van der Waals surface area contributed by atoms with Crippen LogP contribution in [-0.2, 0) is 25.5 Å². The Balaban J connectivity index is 1.93. The fraction of sp³-hybridized carbons (Fsp3) is 0.550. The number of carbonyl (C=O) groups is 3. The first-order valence-corrected chi connectivity index (χ1v) is 9.88. The van der Waals surface area contributed by atoms with Crippen LogP contribution in [0.5, 0.6) is 0 Å². The fourth-order valence-electron chi connectivity index (χ4n) is 3.10. The van der Waals surface area contributed by atoms with Crippen LogP contribution >= 0.6 is 0 Å². The molecule has 30 heavy (non-hydrogen) atoms. The van der Waals surface area contributed by atoms with Crippen LogP contribution in [0.4, 0.5) is 5.69 Å². The SMILES string of the molecule is CC(C)[C@H](NC(=O)[C@H](C)NC(=O)Cc1cccc([N+](=O)[O-])c1)C(=O)N1CCOCC1. The van der Waals surface area contributed by atoms with Gasteiger partial charge >= 0.3 is 0 Å². The molecule has 0 spiro atoms. The van der Waals surface area contributed by atoms with E-state index in [1.54, 1.807) is 11.0 Å². The maximum atomic E-state index is 12.8. The van der Waals surface area contributed by atoms with Gasteiger partial charge < -0.3 is 20.3 Å². The molecule has 1 aromatic carbocycles. The molecule has 1 saturated heterocycles. The Morgan fingerprint density at radius 2 is 1.83 bits per heavy atom. The molecular weight excluding hydrogens is 392 g/mol. The van der Waals surface area contributed by atoms with Crippen molar-refractivity contribution in [2.45, 2.75) is 39.3 Å². The van der Waals surface area contributed by atoms with Crippen LogP contribution in [0.25, 0.3) is 0 Å². The number of hydrogen-bond acceptors (Lipinski definition) is 6. The van der Waals surface area contributed by atoms with Gasteiger partial charge in [0.2, 0.25) is 17.7 Å². The molecule has 0 bridgehead atoms. The van der Waals surface area contributed by atoms with Gasteiger partial charge in [0.15, 0.2) is 0 Å². The lowest BCUT2D eigenvalue weighted by atomic mass is 10.0. The minimum atomic E-state index is -0.866. The van der Waals surface area contributed by atoms with Crippen molar-refractivity contribution in [3.05, 3.63) is 39.9 Å². The zero-order chi connectivity index (χ0) is 22.3. The summed E-state index contributed by atoms with van der Waals surface area (Å²) in [5.41, 5.74) is 0.365. The number of nitrogens with zero attached hydrogens (tertiary/aromatic N) is 2. The number of nitrogens with one attached hydrogen (secondary N) is 2. The van der Waals surface area contributed by atoms with Crippen molar-refractivity contribution in [1.82, 2.24) is 15.5 Å². The van der Waals surface area contributed by atoms with Crippen LogP contribution in [0.3, 0.4) is 0 Å². The van der Waals surface area contributed by atoms with Gasteiger partial charge in [0.25, 0.3) is 5.69 Å². The Morgan fingerprint density at radius 3 is 2.43 bits per heavy atom. The molecule has 1 aliphatic heterocycles. The summed E-state index contributed by atoms with van der Waals surface area (Å²) in [6, 6.07) is 4.20. The van der Waals surface area contributed by atoms with E-state index in [0.717, 1.165) is 0 Å². The Hall–Kier alpha value is -3.01. The summed E-state index contributed by atoms with van der Waals surface area (Å²) in [4.78, 5) is 49.6. The number of morpholine rings is 1. The number of ether oxygens (including phenoxy) is 1. The highest BCUT2D eigenvalue weighted by Crippen LogP contribution is 2.13. The smallest absolute Gasteiger partial charge is 0.269 e. The minimum Gasteiger partial charge on any atom is -0.378 e. The molecule has 1 heterocycles. The largest absolute Gasteiger partial charge is 0.378 e. The summed E-state index contributed by atoms with van der Waals surface area (Å²) in [6.07, 6.45) is -0.0976. The average Bonchev–Trinajstić information content (AvgIpc) is 2.71. The number of non-ortho nitro benzene ring substituents is 1. The summed E-state index contributed by atoms with van der Waals surface area (Å²) in [6.45, 7) is 7.10. The summed E-state index contributed by atoms with van der Waals surface area (Å²) in [5, 5.41) is 16.2. The highest BCUT2D eigenvalue weighted by Gasteiger charge is 2.31. The molecule has 3 amide bonds. The maximum absolute atomic E-state index is 12.8. The summed E-state index contributed by atoms with van der Waals surface area (Å²) in [5.74, 6) is -1.21. The molecule has 1 fully saturated rings. The van der Waals surface area contributed by atoms with E-state index in [1.807, 2.05) is 13.8 Å². The van der Waals surface area contributed by atoms with Gasteiger partial charge in [0.1, 0.15) is 12.1 Å². The van der Waals surface area contributed by atoms with Crippen molar-refractivity contribution in [3.63, 3.8) is 0 Å². The van der Waals surface area contributed by atoms with Gasteiger partial charge in [-0.25, -0.2) is 0 Å². The van der Waals surface area contributed by atoms with Gasteiger partial charge in [-0.15, -0.1) is 0 Å². The van der Waals surface area contributed by atoms with Crippen LogP contribution < -0.4 is 10.6 Å². The zero-order valence-electron chi connectivity index (χ0n) is 17.4. The number of nitro groups is 1. The highest BCUT2D eigenvalue weighted by molar-refractivity contribution is 5.92. The Labute approximate surface area is 175 Å². The second kappa shape index (κ2) is 10.7. The Kier molecular flexibility index (Phi) is 8.28. The molecule has 0 unspecified atom stereocenters. The number of nitro benzene ring substituents is 1. The number of benzene rings is 1. The van der Waals surface area contributed by atoms with Crippen molar-refractivity contribution in [2.75, 3.05) is 26.3 Å². The molecule has 164 valence electrons. The van der Waals surface area contributed by atoms with E-state index in [-0.39, 0.29) is 23.9 Å². The van der Waals surface area contributed by atoms with Crippen molar-refractivity contribution < 1.29 is 24.0 Å². The molecular formula is C20H28N4O6. The maximum Gasteiger partial charge on any atom is 0.269 e. The van der Waals surface area contributed by atoms with E-state index in [1.165, 1.54) is 25.1 Å². The van der Waals surface area contributed by atoms with Gasteiger partial charge in [-0.2, -0.15) is 0 Å². The van der Waals surface area contributed by atoms with E-state index >= 15 is 0 Å². The number of rotatable bonds is 8. The third-order valence-electron chi connectivity index (χ3n) is 4.81. The topological polar surface area (TPSA) is 131 Å². The Morgan fingerprint density at radius 1 is 1.17 bits per heavy atom. The summed E-state index contributed by atoms with van der Waals surface area (Å²) >= 11 is 0. The zero-order valence-corrected chi connectivity index (χ0v) is 17.4. The molecule has 0 aromatic heterocycles. The molecule has 0 radical (unpaired) electrons. The molecule has 10 heteroatoms. The van der Waals surface area contributed by atoms with Crippen LogP contribution in [-0.4, -0.2) is 65.9 Å². The van der Waals surface area contributed by atoms with E-state index in [0.29, 0.717) is 31.9 Å². The number of carbonyl (C=O) groups excluding carboxylic acids is 3. The molecule has 0 saturated carbocycles. The van der Waals surface area contributed by atoms with Gasteiger partial charge in [-0.3, -0.25) is 24.5 Å². The molecule has 2 atom stereocenters. The second-order valence-corrected chi connectivity index (χ2v) is 7.56. The van der Waals surface area contributed by atoms with Crippen molar-refractivity contribution in [2.24, 2.45) is 5.92 Å². The predicted molar refractivity (Wildman–Crippen MR) is 109 cm³/mol. The van der Waals surface area contributed by atoms with Gasteiger partial charge in [-0.1, -0.05) is 26.0 Å². The molecule has 0 aliphatic carbocycles. The minimum absolute atomic E-state index is 0.0976. The van der Waals surface area contributed by atoms with Crippen LogP contribution in [0.2, 0.25) is 0 Å². The lowest BCUT2D eigenvalue weighted by molar-refractivity contribution is -0.384. The summed E-state index contributed by atoms with van der Waals surface area (Å²) in [7, 11) is 0. The van der Waals surface area contributed by atoms with E-state index in [4.69, 9.17) is 4.74 Å². The molecule has 1 aliphatic rings. The first kappa shape index (κ1) is 23.3. The second-order valence-electron chi connectivity index (χ2n) is 7.56. The quantitative estimate of drug-likeness (QED) is 0.469. The fourth-order valence-corrected chi connectivity index (χ4v) is 3.10. The van der Waals surface area contributed by atoms with Crippen LogP contribution in [0.15, 0.2) is 24.3 Å². The summed E-state index contributed by atoms with van der Waals surface area (Å²) < 4.78 is 5.26. The first-order chi connectivity index (χ1) is 14.2. The van der Waals surface area contributed by atoms with E-state index in [2.05, 4.69) is 10.6 Å².